The Bertz CT molecular complexity index is 265. The summed E-state index contributed by atoms with van der Waals surface area (Å²) < 4.78 is 0.712. The fraction of sp³-hybridized carbons (Fsp3) is 0. The predicted molar refractivity (Wildman–Crippen MR) is 44.3 cm³/mol. The number of halogens is 1. The minimum Gasteiger partial charge on any atom is -0.595 e. The highest BCUT2D eigenvalue weighted by Gasteiger charge is 2.05. The SMILES string of the molecule is Nc1ccc(Br)cc1[NH+]([O-])O. The van der Waals surface area contributed by atoms with Crippen LogP contribution in [0.2, 0.25) is 0 Å². The van der Waals surface area contributed by atoms with Crippen LogP contribution in [0.15, 0.2) is 22.7 Å². The zero-order valence-corrected chi connectivity index (χ0v) is 7.13. The van der Waals surface area contributed by atoms with Gasteiger partial charge in [0.05, 0.1) is 5.69 Å². The Morgan fingerprint density at radius 2 is 2.18 bits per heavy atom. The van der Waals surface area contributed by atoms with Crippen LogP contribution in [-0.2, 0) is 0 Å². The molecule has 0 saturated heterocycles. The summed E-state index contributed by atoms with van der Waals surface area (Å²) in [5.41, 5.74) is 5.79. The van der Waals surface area contributed by atoms with Crippen molar-refractivity contribution in [2.45, 2.75) is 0 Å². The Hall–Kier alpha value is -0.620. The number of quaternary nitrogens is 1. The van der Waals surface area contributed by atoms with Gasteiger partial charge in [-0.15, -0.1) is 0 Å². The van der Waals surface area contributed by atoms with Crippen LogP contribution in [0.5, 0.6) is 0 Å². The molecule has 0 bridgehead atoms. The summed E-state index contributed by atoms with van der Waals surface area (Å²) >= 11 is 3.15. The molecule has 0 aromatic heterocycles. The van der Waals surface area contributed by atoms with Crippen molar-refractivity contribution >= 4 is 27.3 Å². The highest BCUT2D eigenvalue weighted by atomic mass is 79.9. The molecule has 4 nitrogen and oxygen atoms in total. The first kappa shape index (κ1) is 8.48. The van der Waals surface area contributed by atoms with Crippen molar-refractivity contribution in [3.8, 4) is 0 Å². The number of nitrogen functional groups attached to an aromatic ring is 1. The molecule has 11 heavy (non-hydrogen) atoms. The average Bonchev–Trinajstić information content (AvgIpc) is 1.94. The van der Waals surface area contributed by atoms with Gasteiger partial charge in [0, 0.05) is 10.5 Å². The molecule has 0 radical (unpaired) electrons. The Morgan fingerprint density at radius 3 is 2.64 bits per heavy atom. The summed E-state index contributed by atoms with van der Waals surface area (Å²) in [7, 11) is 0. The molecule has 0 amide bonds. The third-order valence-corrected chi connectivity index (χ3v) is 1.74. The Kier molecular flexibility index (Phi) is 2.45. The van der Waals surface area contributed by atoms with Crippen LogP contribution in [0.1, 0.15) is 0 Å². The number of hydrogen-bond acceptors (Lipinski definition) is 3. The normalized spacial score (nSPS) is 13.0. The van der Waals surface area contributed by atoms with Gasteiger partial charge in [-0.1, -0.05) is 15.9 Å². The predicted octanol–water partition coefficient (Wildman–Crippen LogP) is 0.435. The second kappa shape index (κ2) is 3.19. The lowest BCUT2D eigenvalue weighted by molar-refractivity contribution is -0.990. The molecule has 5 heteroatoms. The minimum absolute atomic E-state index is 0.124. The molecule has 0 aliphatic rings. The summed E-state index contributed by atoms with van der Waals surface area (Å²) in [5, 5.41) is 18.1. The van der Waals surface area contributed by atoms with Gasteiger partial charge in [-0.25, -0.2) is 5.21 Å². The third-order valence-electron chi connectivity index (χ3n) is 1.25. The zero-order chi connectivity index (χ0) is 8.43. The summed E-state index contributed by atoms with van der Waals surface area (Å²) in [4.78, 5) is 0. The topological polar surface area (TPSA) is 73.8 Å². The number of anilines is 1. The summed E-state index contributed by atoms with van der Waals surface area (Å²) in [5.74, 6) is 0. The van der Waals surface area contributed by atoms with Crippen LogP contribution < -0.4 is 11.0 Å². The van der Waals surface area contributed by atoms with Gasteiger partial charge in [0.2, 0.25) is 0 Å². The van der Waals surface area contributed by atoms with Gasteiger partial charge in [0.25, 0.3) is 0 Å². The second-order valence-electron chi connectivity index (χ2n) is 2.04. The standard InChI is InChI=1S/C6H7BrN2O2/c7-4-1-2-5(8)6(3-4)9(10)11/h1-3,9-10H,8H2. The lowest BCUT2D eigenvalue weighted by Crippen LogP contribution is -2.99. The van der Waals surface area contributed by atoms with E-state index in [2.05, 4.69) is 15.9 Å². The van der Waals surface area contributed by atoms with Crippen molar-refractivity contribution in [3.63, 3.8) is 0 Å². The molecule has 1 aromatic rings. The highest BCUT2D eigenvalue weighted by Crippen LogP contribution is 2.19. The Labute approximate surface area is 71.9 Å². The van der Waals surface area contributed by atoms with Crippen molar-refractivity contribution in [3.05, 3.63) is 27.9 Å². The van der Waals surface area contributed by atoms with E-state index in [-0.39, 0.29) is 11.4 Å². The number of rotatable bonds is 1. The zero-order valence-electron chi connectivity index (χ0n) is 5.54. The maximum Gasteiger partial charge on any atom is 0.188 e. The molecule has 4 N–H and O–H groups in total. The highest BCUT2D eigenvalue weighted by molar-refractivity contribution is 9.10. The van der Waals surface area contributed by atoms with E-state index in [0.29, 0.717) is 4.47 Å². The smallest absolute Gasteiger partial charge is 0.188 e. The Morgan fingerprint density at radius 1 is 1.55 bits per heavy atom. The van der Waals surface area contributed by atoms with Gasteiger partial charge >= 0.3 is 0 Å². The number of benzene rings is 1. The molecule has 1 aromatic carbocycles. The molecule has 1 unspecified atom stereocenters. The fourth-order valence-electron chi connectivity index (χ4n) is 0.714. The number of hydrogen-bond donors (Lipinski definition) is 3. The maximum atomic E-state index is 10.5. The molecule has 1 rings (SSSR count). The van der Waals surface area contributed by atoms with Crippen molar-refractivity contribution in [2.24, 2.45) is 0 Å². The first-order valence-electron chi connectivity index (χ1n) is 2.89. The molecular formula is C6H7BrN2O2. The average molecular weight is 219 g/mol. The molecule has 1 atom stereocenters. The van der Waals surface area contributed by atoms with Crippen LogP contribution in [0.4, 0.5) is 11.4 Å². The monoisotopic (exact) mass is 218 g/mol. The van der Waals surface area contributed by atoms with Crippen LogP contribution >= 0.6 is 15.9 Å². The first-order valence-corrected chi connectivity index (χ1v) is 3.69. The first-order chi connectivity index (χ1) is 5.11. The molecule has 0 fully saturated rings. The summed E-state index contributed by atoms with van der Waals surface area (Å²) in [6.45, 7) is 0. The third kappa shape index (κ3) is 1.90. The molecule has 0 saturated carbocycles. The van der Waals surface area contributed by atoms with E-state index in [1.165, 1.54) is 6.07 Å². The van der Waals surface area contributed by atoms with E-state index in [1.807, 2.05) is 0 Å². The quantitative estimate of drug-likeness (QED) is 0.473. The fourth-order valence-corrected chi connectivity index (χ4v) is 1.07. The van der Waals surface area contributed by atoms with Gasteiger partial charge in [-0.3, -0.25) is 0 Å². The summed E-state index contributed by atoms with van der Waals surface area (Å²) in [6.07, 6.45) is 0. The van der Waals surface area contributed by atoms with Crippen LogP contribution in [0.25, 0.3) is 0 Å². The Balaban J connectivity index is 3.13. The van der Waals surface area contributed by atoms with E-state index in [4.69, 9.17) is 10.9 Å². The van der Waals surface area contributed by atoms with Gasteiger partial charge < -0.3 is 10.9 Å². The van der Waals surface area contributed by atoms with Crippen molar-refractivity contribution in [1.82, 2.24) is 0 Å². The lowest BCUT2D eigenvalue weighted by Gasteiger charge is -2.13. The lowest BCUT2D eigenvalue weighted by atomic mass is 10.3. The molecule has 0 spiro atoms. The second-order valence-corrected chi connectivity index (χ2v) is 2.95. The van der Waals surface area contributed by atoms with Crippen LogP contribution in [0.3, 0.4) is 0 Å². The van der Waals surface area contributed by atoms with E-state index in [0.717, 1.165) is 0 Å². The van der Waals surface area contributed by atoms with Crippen LogP contribution in [0, 0.1) is 5.21 Å². The number of nitrogens with two attached hydrogens (primary N) is 1. The van der Waals surface area contributed by atoms with E-state index in [9.17, 15) is 5.21 Å². The molecule has 0 aliphatic carbocycles. The van der Waals surface area contributed by atoms with E-state index >= 15 is 0 Å². The maximum absolute atomic E-state index is 10.5. The van der Waals surface area contributed by atoms with Crippen molar-refractivity contribution in [2.75, 3.05) is 5.73 Å². The van der Waals surface area contributed by atoms with Gasteiger partial charge in [-0.2, -0.15) is 5.23 Å². The van der Waals surface area contributed by atoms with Crippen LogP contribution in [-0.4, -0.2) is 5.21 Å². The largest absolute Gasteiger partial charge is 0.595 e. The van der Waals surface area contributed by atoms with Gasteiger partial charge in [0.1, 0.15) is 0 Å². The van der Waals surface area contributed by atoms with Crippen molar-refractivity contribution in [1.29, 1.82) is 0 Å². The van der Waals surface area contributed by atoms with Gasteiger partial charge in [-0.05, 0) is 12.1 Å². The van der Waals surface area contributed by atoms with Gasteiger partial charge in [0.15, 0.2) is 5.69 Å². The molecule has 0 aliphatic heterocycles. The van der Waals surface area contributed by atoms with E-state index in [1.54, 1.807) is 12.1 Å². The number of nitrogens with one attached hydrogen (secondary N) is 1. The minimum atomic E-state index is -1.01. The summed E-state index contributed by atoms with van der Waals surface area (Å²) in [6, 6.07) is 4.72. The molecule has 60 valence electrons. The van der Waals surface area contributed by atoms with Crippen molar-refractivity contribution < 1.29 is 10.4 Å². The molecular weight excluding hydrogens is 212 g/mol. The molecule has 0 heterocycles. The van der Waals surface area contributed by atoms with E-state index < -0.39 is 5.23 Å².